The molecule has 0 bridgehead atoms. The van der Waals surface area contributed by atoms with Crippen molar-refractivity contribution in [2.24, 2.45) is 0 Å². The van der Waals surface area contributed by atoms with Gasteiger partial charge in [0, 0.05) is 19.9 Å². The molecule has 1 N–H and O–H groups in total. The second-order valence-electron chi connectivity index (χ2n) is 3.97. The molecule has 1 heterocycles. The molecule has 7 heteroatoms. The minimum Gasteiger partial charge on any atom is -0.380 e. The summed E-state index contributed by atoms with van der Waals surface area (Å²) >= 11 is 0. The fourth-order valence-electron chi connectivity index (χ4n) is 1.68. The minimum absolute atomic E-state index is 0.279. The van der Waals surface area contributed by atoms with Gasteiger partial charge in [0.05, 0.1) is 12.2 Å². The SMILES string of the molecule is COC(CNc1cccc(-n2nnnc2C)c1)OC. The number of nitrogens with zero attached hydrogens (tertiary/aromatic N) is 4. The van der Waals surface area contributed by atoms with Crippen LogP contribution in [0.3, 0.4) is 0 Å². The lowest BCUT2D eigenvalue weighted by Crippen LogP contribution is -2.23. The maximum absolute atomic E-state index is 5.12. The zero-order valence-corrected chi connectivity index (χ0v) is 11.2. The van der Waals surface area contributed by atoms with Crippen LogP contribution in [0.4, 0.5) is 5.69 Å². The first-order valence-electron chi connectivity index (χ1n) is 5.89. The van der Waals surface area contributed by atoms with Crippen LogP contribution in [0.25, 0.3) is 5.69 Å². The number of aryl methyl sites for hydroxylation is 1. The average molecular weight is 263 g/mol. The molecule has 0 radical (unpaired) electrons. The van der Waals surface area contributed by atoms with Crippen LogP contribution < -0.4 is 5.32 Å². The van der Waals surface area contributed by atoms with E-state index in [1.807, 2.05) is 31.2 Å². The van der Waals surface area contributed by atoms with Crippen molar-refractivity contribution < 1.29 is 9.47 Å². The summed E-state index contributed by atoms with van der Waals surface area (Å²) in [7, 11) is 3.22. The van der Waals surface area contributed by atoms with Crippen LogP contribution in [0.5, 0.6) is 0 Å². The Bertz CT molecular complexity index is 524. The summed E-state index contributed by atoms with van der Waals surface area (Å²) in [5.74, 6) is 0.740. The number of anilines is 1. The third-order valence-electron chi connectivity index (χ3n) is 2.71. The van der Waals surface area contributed by atoms with E-state index in [2.05, 4.69) is 20.8 Å². The summed E-state index contributed by atoms with van der Waals surface area (Å²) in [4.78, 5) is 0. The molecule has 102 valence electrons. The maximum atomic E-state index is 5.12. The molecule has 0 amide bonds. The molecular weight excluding hydrogens is 246 g/mol. The molecular formula is C12H17N5O2. The van der Waals surface area contributed by atoms with E-state index in [9.17, 15) is 0 Å². The lowest BCUT2D eigenvalue weighted by atomic mass is 10.2. The van der Waals surface area contributed by atoms with E-state index in [0.29, 0.717) is 6.54 Å². The number of methoxy groups -OCH3 is 2. The number of benzene rings is 1. The molecule has 1 aromatic heterocycles. The van der Waals surface area contributed by atoms with Crippen LogP contribution in [0.15, 0.2) is 24.3 Å². The number of rotatable bonds is 6. The summed E-state index contributed by atoms with van der Waals surface area (Å²) in [6, 6.07) is 7.81. The van der Waals surface area contributed by atoms with Crippen LogP contribution in [0.1, 0.15) is 5.82 Å². The minimum atomic E-state index is -0.279. The van der Waals surface area contributed by atoms with Crippen LogP contribution in [0.2, 0.25) is 0 Å². The normalized spacial score (nSPS) is 10.9. The second-order valence-corrected chi connectivity index (χ2v) is 3.97. The third kappa shape index (κ3) is 3.27. The van der Waals surface area contributed by atoms with Gasteiger partial charge in [-0.15, -0.1) is 5.10 Å². The van der Waals surface area contributed by atoms with E-state index in [0.717, 1.165) is 17.2 Å². The molecule has 0 fully saturated rings. The van der Waals surface area contributed by atoms with Crippen molar-refractivity contribution in [3.05, 3.63) is 30.1 Å². The number of hydrogen-bond donors (Lipinski definition) is 1. The Morgan fingerprint density at radius 3 is 2.74 bits per heavy atom. The molecule has 2 rings (SSSR count). The fourth-order valence-corrected chi connectivity index (χ4v) is 1.68. The van der Waals surface area contributed by atoms with Gasteiger partial charge in [-0.2, -0.15) is 4.68 Å². The smallest absolute Gasteiger partial charge is 0.173 e. The zero-order valence-electron chi connectivity index (χ0n) is 11.2. The highest BCUT2D eigenvalue weighted by Crippen LogP contribution is 2.14. The zero-order chi connectivity index (χ0) is 13.7. The summed E-state index contributed by atoms with van der Waals surface area (Å²) < 4.78 is 11.9. The van der Waals surface area contributed by atoms with E-state index in [1.165, 1.54) is 0 Å². The van der Waals surface area contributed by atoms with Gasteiger partial charge in [0.2, 0.25) is 0 Å². The molecule has 0 unspecified atom stereocenters. The van der Waals surface area contributed by atoms with E-state index in [1.54, 1.807) is 18.9 Å². The van der Waals surface area contributed by atoms with Gasteiger partial charge in [-0.3, -0.25) is 0 Å². The molecule has 0 atom stereocenters. The van der Waals surface area contributed by atoms with Crippen molar-refractivity contribution in [1.82, 2.24) is 20.2 Å². The van der Waals surface area contributed by atoms with Crippen molar-refractivity contribution in [2.75, 3.05) is 26.1 Å². The molecule has 0 aliphatic carbocycles. The molecule has 19 heavy (non-hydrogen) atoms. The monoisotopic (exact) mass is 263 g/mol. The summed E-state index contributed by atoms with van der Waals surface area (Å²) in [5.41, 5.74) is 1.85. The van der Waals surface area contributed by atoms with E-state index in [-0.39, 0.29) is 6.29 Å². The average Bonchev–Trinajstić information content (AvgIpc) is 2.86. The highest BCUT2D eigenvalue weighted by Gasteiger charge is 2.06. The lowest BCUT2D eigenvalue weighted by Gasteiger charge is -2.15. The molecule has 2 aromatic rings. The van der Waals surface area contributed by atoms with Crippen molar-refractivity contribution in [1.29, 1.82) is 0 Å². The first-order chi connectivity index (χ1) is 9.24. The van der Waals surface area contributed by atoms with Gasteiger partial charge in [-0.05, 0) is 35.5 Å². The quantitative estimate of drug-likeness (QED) is 0.784. The van der Waals surface area contributed by atoms with Crippen molar-refractivity contribution in [2.45, 2.75) is 13.2 Å². The molecule has 0 aliphatic rings. The molecule has 7 nitrogen and oxygen atoms in total. The standard InChI is InChI=1S/C12H17N5O2/c1-9-14-15-16-17(9)11-6-4-5-10(7-11)13-8-12(18-2)19-3/h4-7,12-13H,8H2,1-3H3. The predicted molar refractivity (Wildman–Crippen MR) is 70.2 cm³/mol. The van der Waals surface area contributed by atoms with E-state index >= 15 is 0 Å². The van der Waals surface area contributed by atoms with Crippen molar-refractivity contribution in [3.8, 4) is 5.69 Å². The topological polar surface area (TPSA) is 74.1 Å². The van der Waals surface area contributed by atoms with Crippen molar-refractivity contribution in [3.63, 3.8) is 0 Å². The second kappa shape index (κ2) is 6.26. The summed E-state index contributed by atoms with van der Waals surface area (Å²) in [6.45, 7) is 2.41. The van der Waals surface area contributed by atoms with Gasteiger partial charge in [-0.25, -0.2) is 0 Å². The Hall–Kier alpha value is -1.99. The Morgan fingerprint density at radius 1 is 1.32 bits per heavy atom. The number of tetrazole rings is 1. The van der Waals surface area contributed by atoms with Gasteiger partial charge in [0.25, 0.3) is 0 Å². The number of nitrogens with one attached hydrogen (secondary N) is 1. The highest BCUT2D eigenvalue weighted by molar-refractivity contribution is 5.50. The van der Waals surface area contributed by atoms with Crippen LogP contribution >= 0.6 is 0 Å². The van der Waals surface area contributed by atoms with Gasteiger partial charge < -0.3 is 14.8 Å². The van der Waals surface area contributed by atoms with E-state index in [4.69, 9.17) is 9.47 Å². The number of aromatic nitrogens is 4. The molecule has 0 aliphatic heterocycles. The lowest BCUT2D eigenvalue weighted by molar-refractivity contribution is -0.0914. The molecule has 0 saturated heterocycles. The van der Waals surface area contributed by atoms with Gasteiger partial charge in [-0.1, -0.05) is 6.07 Å². The Labute approximate surface area is 111 Å². The van der Waals surface area contributed by atoms with Crippen LogP contribution in [-0.2, 0) is 9.47 Å². The first kappa shape index (κ1) is 13.4. The Morgan fingerprint density at radius 2 is 2.11 bits per heavy atom. The predicted octanol–water partition coefficient (Wildman–Crippen LogP) is 1.00. The van der Waals surface area contributed by atoms with Gasteiger partial charge in [0.15, 0.2) is 12.1 Å². The Kier molecular flexibility index (Phi) is 4.43. The summed E-state index contributed by atoms with van der Waals surface area (Å²) in [6.07, 6.45) is -0.279. The molecule has 0 saturated carbocycles. The molecule has 0 spiro atoms. The molecule has 1 aromatic carbocycles. The van der Waals surface area contributed by atoms with E-state index < -0.39 is 0 Å². The maximum Gasteiger partial charge on any atom is 0.173 e. The highest BCUT2D eigenvalue weighted by atomic mass is 16.7. The number of ether oxygens (including phenoxy) is 2. The van der Waals surface area contributed by atoms with Gasteiger partial charge >= 0.3 is 0 Å². The Balaban J connectivity index is 2.10. The van der Waals surface area contributed by atoms with Crippen molar-refractivity contribution >= 4 is 5.69 Å². The first-order valence-corrected chi connectivity index (χ1v) is 5.89. The van der Waals surface area contributed by atoms with Gasteiger partial charge in [0.1, 0.15) is 0 Å². The largest absolute Gasteiger partial charge is 0.380 e. The summed E-state index contributed by atoms with van der Waals surface area (Å²) in [5, 5.41) is 14.7. The number of hydrogen-bond acceptors (Lipinski definition) is 6. The van der Waals surface area contributed by atoms with Crippen LogP contribution in [0, 0.1) is 6.92 Å². The fraction of sp³-hybridized carbons (Fsp3) is 0.417. The van der Waals surface area contributed by atoms with Crippen LogP contribution in [-0.4, -0.2) is 47.3 Å². The third-order valence-corrected chi connectivity index (χ3v) is 2.71.